The van der Waals surface area contributed by atoms with Crippen molar-refractivity contribution < 1.29 is 9.59 Å². The van der Waals surface area contributed by atoms with E-state index in [4.69, 9.17) is 5.73 Å². The Morgan fingerprint density at radius 3 is 1.26 bits per heavy atom. The summed E-state index contributed by atoms with van der Waals surface area (Å²) in [5.41, 5.74) is 10.4. The van der Waals surface area contributed by atoms with Gasteiger partial charge in [0, 0.05) is 50.2 Å². The molecule has 262 valence electrons. The zero-order valence-electron chi connectivity index (χ0n) is 28.3. The summed E-state index contributed by atoms with van der Waals surface area (Å²) >= 11 is 0. The van der Waals surface area contributed by atoms with Gasteiger partial charge in [-0.25, -0.2) is 0 Å². The van der Waals surface area contributed by atoms with Crippen LogP contribution < -0.4 is 27.4 Å². The summed E-state index contributed by atoms with van der Waals surface area (Å²) in [4.78, 5) is 90.3. The van der Waals surface area contributed by atoms with Gasteiger partial charge in [0.15, 0.2) is 0 Å². The van der Waals surface area contributed by atoms with Crippen molar-refractivity contribution in [3.63, 3.8) is 0 Å². The number of imide groups is 1. The first-order valence-electron chi connectivity index (χ1n) is 17.1. The molecule has 0 unspecified atom stereocenters. The summed E-state index contributed by atoms with van der Waals surface area (Å²) in [5.74, 6) is -0.706. The van der Waals surface area contributed by atoms with Gasteiger partial charge in [-0.15, -0.1) is 0 Å². The van der Waals surface area contributed by atoms with Crippen molar-refractivity contribution in [3.05, 3.63) is 172 Å². The molecule has 0 radical (unpaired) electrons. The van der Waals surface area contributed by atoms with E-state index < -0.39 is 0 Å². The molecule has 9 aromatic rings. The fourth-order valence-corrected chi connectivity index (χ4v) is 7.16. The second-order valence-corrected chi connectivity index (χ2v) is 13.1. The van der Waals surface area contributed by atoms with E-state index in [-0.39, 0.29) is 51.1 Å². The van der Waals surface area contributed by atoms with Crippen LogP contribution in [-0.4, -0.2) is 36.7 Å². The van der Waals surface area contributed by atoms with Crippen molar-refractivity contribution in [2.45, 2.75) is 13.1 Å². The third kappa shape index (κ3) is 5.04. The normalized spacial score (nSPS) is 12.6. The van der Waals surface area contributed by atoms with Crippen molar-refractivity contribution in [3.8, 4) is 0 Å². The molecular formula is C42H28N6O6. The molecule has 0 saturated heterocycles. The lowest BCUT2D eigenvalue weighted by Gasteiger charge is -2.14. The topological polar surface area (TPSA) is 195 Å². The number of pyridine rings is 4. The summed E-state index contributed by atoms with van der Waals surface area (Å²) in [6, 6.07) is 31.4. The molecule has 54 heavy (non-hydrogen) atoms. The minimum atomic E-state index is -0.353. The van der Waals surface area contributed by atoms with E-state index >= 15 is 0 Å². The Morgan fingerprint density at radius 1 is 0.426 bits per heavy atom. The molecule has 5 heterocycles. The van der Waals surface area contributed by atoms with Crippen LogP contribution in [0.4, 0.5) is 0 Å². The molecule has 5 aromatic carbocycles. The molecule has 2 amide bonds. The van der Waals surface area contributed by atoms with Gasteiger partial charge in [0.05, 0.1) is 17.7 Å². The van der Waals surface area contributed by atoms with Crippen LogP contribution in [0.25, 0.3) is 65.7 Å². The lowest BCUT2D eigenvalue weighted by atomic mass is 10.1. The van der Waals surface area contributed by atoms with E-state index in [0.717, 1.165) is 5.56 Å². The van der Waals surface area contributed by atoms with Crippen LogP contribution in [0.15, 0.2) is 128 Å². The van der Waals surface area contributed by atoms with Crippen LogP contribution >= 0.6 is 0 Å². The van der Waals surface area contributed by atoms with Crippen LogP contribution in [0.2, 0.25) is 0 Å². The van der Waals surface area contributed by atoms with Crippen LogP contribution in [0, 0.1) is 0 Å². The Bertz CT molecular complexity index is 3310. The van der Waals surface area contributed by atoms with Gasteiger partial charge in [-0.3, -0.25) is 33.7 Å². The molecule has 4 aromatic heterocycles. The van der Waals surface area contributed by atoms with E-state index in [1.165, 1.54) is 4.90 Å². The summed E-state index contributed by atoms with van der Waals surface area (Å²) in [7, 11) is 0. The second kappa shape index (κ2) is 12.4. The number of aromatic amines is 4. The Kier molecular flexibility index (Phi) is 7.43. The minimum absolute atomic E-state index is 0.0496. The summed E-state index contributed by atoms with van der Waals surface area (Å²) in [6.07, 6.45) is 0. The number of hydrogen-bond acceptors (Lipinski definition) is 7. The zero-order valence-corrected chi connectivity index (χ0v) is 28.3. The molecule has 0 fully saturated rings. The maximum absolute atomic E-state index is 13.2. The monoisotopic (exact) mass is 712 g/mol. The van der Waals surface area contributed by atoms with Crippen molar-refractivity contribution in [1.29, 1.82) is 0 Å². The summed E-state index contributed by atoms with van der Waals surface area (Å²) in [5, 5.41) is 1.96. The largest absolute Gasteiger partial charge is 0.350 e. The number of carbonyl (C=O) groups excluding carboxylic acids is 2. The molecule has 0 bridgehead atoms. The van der Waals surface area contributed by atoms with Gasteiger partial charge in [-0.05, 0) is 71.8 Å². The molecule has 0 saturated carbocycles. The van der Waals surface area contributed by atoms with Gasteiger partial charge in [-0.1, -0.05) is 48.5 Å². The molecule has 12 heteroatoms. The highest BCUT2D eigenvalue weighted by molar-refractivity contribution is 6.21. The fraction of sp³-hybridized carbons (Fsp3) is 0.0476. The molecule has 12 nitrogen and oxygen atoms in total. The van der Waals surface area contributed by atoms with Crippen LogP contribution in [-0.2, 0) is 13.1 Å². The number of amides is 2. The maximum Gasteiger partial charge on any atom is 0.261 e. The summed E-state index contributed by atoms with van der Waals surface area (Å²) in [6.45, 7) is 0.412. The lowest BCUT2D eigenvalue weighted by Crippen LogP contribution is -2.29. The third-order valence-electron chi connectivity index (χ3n) is 9.90. The number of fused-ring (bicyclic) bond motifs is 7. The maximum atomic E-state index is 13.2. The highest BCUT2D eigenvalue weighted by Gasteiger charge is 2.35. The number of nitrogens with one attached hydrogen (secondary N) is 4. The first-order valence-corrected chi connectivity index (χ1v) is 17.1. The number of hydrogen-bond donors (Lipinski definition) is 5. The van der Waals surface area contributed by atoms with Gasteiger partial charge in [-0.2, -0.15) is 0 Å². The molecule has 0 aliphatic carbocycles. The first-order chi connectivity index (χ1) is 26.2. The van der Waals surface area contributed by atoms with Crippen molar-refractivity contribution >= 4 is 77.5 Å². The highest BCUT2D eigenvalue weighted by atomic mass is 16.2. The Balaban J connectivity index is 0.000000153. The predicted molar refractivity (Wildman–Crippen MR) is 209 cm³/mol. The number of para-hydroxylation sites is 2. The first kappa shape index (κ1) is 32.5. The van der Waals surface area contributed by atoms with Gasteiger partial charge in [0.1, 0.15) is 22.1 Å². The quantitative estimate of drug-likeness (QED) is 0.121. The number of nitrogens with two attached hydrogens (primary N) is 1. The zero-order chi connectivity index (χ0) is 37.2. The molecule has 0 spiro atoms. The van der Waals surface area contributed by atoms with E-state index in [2.05, 4.69) is 19.9 Å². The number of nitrogens with zero attached hydrogens (tertiary/aromatic N) is 1. The SMILES string of the molecule is NCc1ccc2[nH]c3c(=O)c4ccccc4[nH]c3c(=O)c2c1.O=C1c2ccccc2C(=O)N1Cc1ccc2[nH]c3c(=O)c4ccccc4[nH]c3c(=O)c2c1. The number of rotatable bonds is 3. The minimum Gasteiger partial charge on any atom is -0.350 e. The van der Waals surface area contributed by atoms with Crippen molar-refractivity contribution in [1.82, 2.24) is 24.8 Å². The standard InChI is InChI=1S/C25H15N3O4.C17H13N3O2/c29-22-16-7-3-4-8-18(16)26-21-20(22)27-19-10-9-13(11-17(19)23(21)30)12-28-24(31)14-5-1-2-6-15(14)25(28)32;18-8-9-5-6-13-11(7-9)17(22)15-14(20-13)16(21)10-3-1-2-4-12(10)19-15/h1-11H,12H2,(H,26,29)(H,27,30);1-7H,8,18H2,(H,19,21)(H,20,22). The van der Waals surface area contributed by atoms with Gasteiger partial charge >= 0.3 is 0 Å². The van der Waals surface area contributed by atoms with Crippen LogP contribution in [0.1, 0.15) is 31.8 Å². The van der Waals surface area contributed by atoms with Gasteiger partial charge in [0.2, 0.25) is 21.7 Å². The molecule has 10 rings (SSSR count). The molecule has 0 atom stereocenters. The summed E-state index contributed by atoms with van der Waals surface area (Å²) < 4.78 is 0. The van der Waals surface area contributed by atoms with Gasteiger partial charge < -0.3 is 25.7 Å². The highest BCUT2D eigenvalue weighted by Crippen LogP contribution is 2.25. The molecular weight excluding hydrogens is 684 g/mol. The molecule has 1 aliphatic rings. The average Bonchev–Trinajstić information content (AvgIpc) is 3.44. The number of H-pyrrole nitrogens is 4. The van der Waals surface area contributed by atoms with Crippen molar-refractivity contribution in [2.24, 2.45) is 5.73 Å². The van der Waals surface area contributed by atoms with Gasteiger partial charge in [0.25, 0.3) is 11.8 Å². The molecule has 6 N–H and O–H groups in total. The predicted octanol–water partition coefficient (Wildman–Crippen LogP) is 5.30. The van der Waals surface area contributed by atoms with E-state index in [0.29, 0.717) is 77.9 Å². The van der Waals surface area contributed by atoms with Crippen molar-refractivity contribution in [2.75, 3.05) is 0 Å². The van der Waals surface area contributed by atoms with E-state index in [1.54, 1.807) is 97.1 Å². The number of benzene rings is 5. The Hall–Kier alpha value is -7.44. The second-order valence-electron chi connectivity index (χ2n) is 13.1. The Labute approximate surface area is 302 Å². The Morgan fingerprint density at radius 2 is 0.796 bits per heavy atom. The molecule has 1 aliphatic heterocycles. The van der Waals surface area contributed by atoms with E-state index in [9.17, 15) is 28.8 Å². The lowest BCUT2D eigenvalue weighted by molar-refractivity contribution is 0.0642. The van der Waals surface area contributed by atoms with Crippen LogP contribution in [0.3, 0.4) is 0 Å². The number of aromatic nitrogens is 4. The third-order valence-corrected chi connectivity index (χ3v) is 9.90. The van der Waals surface area contributed by atoms with E-state index in [1.807, 2.05) is 12.1 Å². The van der Waals surface area contributed by atoms with Crippen LogP contribution in [0.5, 0.6) is 0 Å². The number of carbonyl (C=O) groups is 2. The fourth-order valence-electron chi connectivity index (χ4n) is 7.16. The average molecular weight is 713 g/mol. The smallest absolute Gasteiger partial charge is 0.261 e.